The summed E-state index contributed by atoms with van der Waals surface area (Å²) >= 11 is 0. The molecule has 0 fully saturated rings. The number of hydrogen-bond donors (Lipinski definition) is 1. The lowest BCUT2D eigenvalue weighted by Crippen LogP contribution is -2.01. The molecule has 3 heteroatoms. The molecule has 0 amide bonds. The van der Waals surface area contributed by atoms with Crippen molar-refractivity contribution in [3.63, 3.8) is 0 Å². The van der Waals surface area contributed by atoms with Crippen LogP contribution in [0.15, 0.2) is 30.3 Å². The first kappa shape index (κ1) is 11.3. The van der Waals surface area contributed by atoms with Crippen LogP contribution in [-0.2, 0) is 9.53 Å². The highest BCUT2D eigenvalue weighted by Crippen LogP contribution is 2.10. The molecule has 0 aromatic heterocycles. The van der Waals surface area contributed by atoms with Crippen molar-refractivity contribution in [3.8, 4) is 5.75 Å². The van der Waals surface area contributed by atoms with Crippen LogP contribution in [0.4, 0.5) is 0 Å². The Bertz CT molecular complexity index is 338. The van der Waals surface area contributed by atoms with E-state index in [1.54, 1.807) is 37.3 Å². The predicted molar refractivity (Wildman–Crippen MR) is 58.4 cm³/mol. The molecular weight excluding hydrogens is 192 g/mol. The third-order valence-electron chi connectivity index (χ3n) is 1.79. The summed E-state index contributed by atoms with van der Waals surface area (Å²) in [5.41, 5.74) is 0.942. The monoisotopic (exact) mass is 206 g/mol. The van der Waals surface area contributed by atoms with Gasteiger partial charge in [0.05, 0.1) is 13.0 Å². The summed E-state index contributed by atoms with van der Waals surface area (Å²) in [4.78, 5) is 11.0. The molecule has 0 aliphatic rings. The zero-order chi connectivity index (χ0) is 11.1. The summed E-state index contributed by atoms with van der Waals surface area (Å²) in [7, 11) is 0. The quantitative estimate of drug-likeness (QED) is 0.769. The van der Waals surface area contributed by atoms with Gasteiger partial charge >= 0.3 is 5.97 Å². The van der Waals surface area contributed by atoms with E-state index in [0.717, 1.165) is 5.56 Å². The second kappa shape index (κ2) is 5.86. The lowest BCUT2D eigenvalue weighted by molar-refractivity contribution is -0.142. The lowest BCUT2D eigenvalue weighted by Gasteiger charge is -1.97. The molecule has 0 spiro atoms. The van der Waals surface area contributed by atoms with Gasteiger partial charge in [0.2, 0.25) is 0 Å². The Morgan fingerprint density at radius 3 is 2.67 bits per heavy atom. The number of esters is 1. The van der Waals surface area contributed by atoms with Crippen molar-refractivity contribution in [2.45, 2.75) is 13.3 Å². The molecule has 1 N–H and O–H groups in total. The lowest BCUT2D eigenvalue weighted by atomic mass is 10.2. The van der Waals surface area contributed by atoms with E-state index in [2.05, 4.69) is 0 Å². The van der Waals surface area contributed by atoms with Gasteiger partial charge in [-0.25, -0.2) is 0 Å². The van der Waals surface area contributed by atoms with Gasteiger partial charge in [-0.1, -0.05) is 24.3 Å². The highest BCUT2D eigenvalue weighted by molar-refractivity contribution is 5.72. The molecular formula is C12H14O3. The number of benzene rings is 1. The molecule has 1 rings (SSSR count). The van der Waals surface area contributed by atoms with E-state index < -0.39 is 0 Å². The maximum atomic E-state index is 11.0. The number of carbonyl (C=O) groups excluding carboxylic acids is 1. The van der Waals surface area contributed by atoms with Crippen LogP contribution in [-0.4, -0.2) is 17.7 Å². The number of phenolic OH excluding ortho intramolecular Hbond substituents is 1. The maximum Gasteiger partial charge on any atom is 0.309 e. The highest BCUT2D eigenvalue weighted by Gasteiger charge is 1.96. The van der Waals surface area contributed by atoms with Crippen molar-refractivity contribution in [2.75, 3.05) is 6.61 Å². The average Bonchev–Trinajstić information content (AvgIpc) is 2.21. The molecule has 80 valence electrons. The van der Waals surface area contributed by atoms with Crippen molar-refractivity contribution in [1.82, 2.24) is 0 Å². The Labute approximate surface area is 89.0 Å². The zero-order valence-corrected chi connectivity index (χ0v) is 8.64. The molecule has 15 heavy (non-hydrogen) atoms. The standard InChI is InChI=1S/C12H14O3/c1-2-15-12(14)5-3-4-10-6-8-11(13)9-7-10/h3-4,6-9,13H,2,5H2,1H3. The zero-order valence-electron chi connectivity index (χ0n) is 8.64. The summed E-state index contributed by atoms with van der Waals surface area (Å²) in [5.74, 6) is 0.00470. The number of hydrogen-bond acceptors (Lipinski definition) is 3. The number of phenols is 1. The van der Waals surface area contributed by atoms with Crippen LogP contribution in [0.25, 0.3) is 6.08 Å². The minimum absolute atomic E-state index is 0.229. The van der Waals surface area contributed by atoms with Crippen molar-refractivity contribution in [1.29, 1.82) is 0 Å². The van der Waals surface area contributed by atoms with Gasteiger partial charge in [0.15, 0.2) is 0 Å². The molecule has 0 heterocycles. The first-order chi connectivity index (χ1) is 7.22. The van der Waals surface area contributed by atoms with Gasteiger partial charge in [0, 0.05) is 0 Å². The van der Waals surface area contributed by atoms with E-state index in [9.17, 15) is 4.79 Å². The van der Waals surface area contributed by atoms with E-state index in [1.165, 1.54) is 0 Å². The summed E-state index contributed by atoms with van der Waals surface area (Å²) in [6.45, 7) is 2.19. The van der Waals surface area contributed by atoms with Gasteiger partial charge in [-0.3, -0.25) is 4.79 Å². The molecule has 0 atom stereocenters. The summed E-state index contributed by atoms with van der Waals surface area (Å²) in [5, 5.41) is 9.04. The van der Waals surface area contributed by atoms with E-state index in [1.807, 2.05) is 6.08 Å². The van der Waals surface area contributed by atoms with E-state index in [0.29, 0.717) is 6.61 Å². The van der Waals surface area contributed by atoms with Crippen LogP contribution >= 0.6 is 0 Å². The van der Waals surface area contributed by atoms with Gasteiger partial charge < -0.3 is 9.84 Å². The summed E-state index contributed by atoms with van der Waals surface area (Å²) in [6.07, 6.45) is 3.83. The number of carbonyl (C=O) groups is 1. The predicted octanol–water partition coefficient (Wildman–Crippen LogP) is 2.36. The third-order valence-corrected chi connectivity index (χ3v) is 1.79. The van der Waals surface area contributed by atoms with Gasteiger partial charge in [-0.05, 0) is 24.6 Å². The second-order valence-corrected chi connectivity index (χ2v) is 3.00. The smallest absolute Gasteiger partial charge is 0.309 e. The number of aromatic hydroxyl groups is 1. The largest absolute Gasteiger partial charge is 0.508 e. The summed E-state index contributed by atoms with van der Waals surface area (Å²) < 4.78 is 4.77. The van der Waals surface area contributed by atoms with Crippen molar-refractivity contribution >= 4 is 12.0 Å². The SMILES string of the molecule is CCOC(=O)CC=Cc1ccc(O)cc1. The Kier molecular flexibility index (Phi) is 4.41. The summed E-state index contributed by atoms with van der Waals surface area (Å²) in [6, 6.07) is 6.75. The molecule has 3 nitrogen and oxygen atoms in total. The Morgan fingerprint density at radius 2 is 2.07 bits per heavy atom. The van der Waals surface area contributed by atoms with Crippen LogP contribution in [0.1, 0.15) is 18.9 Å². The molecule has 0 saturated carbocycles. The van der Waals surface area contributed by atoms with Crippen molar-refractivity contribution in [2.24, 2.45) is 0 Å². The van der Waals surface area contributed by atoms with Crippen molar-refractivity contribution < 1.29 is 14.6 Å². The second-order valence-electron chi connectivity index (χ2n) is 3.00. The van der Waals surface area contributed by atoms with Crippen LogP contribution in [0.5, 0.6) is 5.75 Å². The fraction of sp³-hybridized carbons (Fsp3) is 0.250. The van der Waals surface area contributed by atoms with Gasteiger partial charge in [0.1, 0.15) is 5.75 Å². The fourth-order valence-electron chi connectivity index (χ4n) is 1.10. The Balaban J connectivity index is 2.44. The molecule has 0 unspecified atom stereocenters. The van der Waals surface area contributed by atoms with Crippen LogP contribution in [0, 0.1) is 0 Å². The maximum absolute atomic E-state index is 11.0. The van der Waals surface area contributed by atoms with E-state index in [-0.39, 0.29) is 18.1 Å². The minimum Gasteiger partial charge on any atom is -0.508 e. The first-order valence-corrected chi connectivity index (χ1v) is 4.83. The minimum atomic E-state index is -0.229. The Morgan fingerprint density at radius 1 is 1.40 bits per heavy atom. The molecule has 0 aliphatic carbocycles. The first-order valence-electron chi connectivity index (χ1n) is 4.83. The van der Waals surface area contributed by atoms with Crippen molar-refractivity contribution in [3.05, 3.63) is 35.9 Å². The Hall–Kier alpha value is -1.77. The highest BCUT2D eigenvalue weighted by atomic mass is 16.5. The van der Waals surface area contributed by atoms with Crippen LogP contribution < -0.4 is 0 Å². The molecule has 0 aliphatic heterocycles. The molecule has 1 aromatic rings. The van der Waals surface area contributed by atoms with Crippen LogP contribution in [0.2, 0.25) is 0 Å². The average molecular weight is 206 g/mol. The molecule has 0 bridgehead atoms. The third kappa shape index (κ3) is 4.31. The van der Waals surface area contributed by atoms with Crippen LogP contribution in [0.3, 0.4) is 0 Å². The van der Waals surface area contributed by atoms with Gasteiger partial charge in [-0.2, -0.15) is 0 Å². The molecule has 0 saturated heterocycles. The molecule has 0 radical (unpaired) electrons. The number of ether oxygens (including phenoxy) is 1. The van der Waals surface area contributed by atoms with Gasteiger partial charge in [-0.15, -0.1) is 0 Å². The number of rotatable bonds is 4. The van der Waals surface area contributed by atoms with Gasteiger partial charge in [0.25, 0.3) is 0 Å². The normalized spacial score (nSPS) is 10.5. The molecule has 1 aromatic carbocycles. The van der Waals surface area contributed by atoms with E-state index in [4.69, 9.17) is 9.84 Å². The van der Waals surface area contributed by atoms with E-state index >= 15 is 0 Å². The topological polar surface area (TPSA) is 46.5 Å². The fourth-order valence-corrected chi connectivity index (χ4v) is 1.10.